The molecular weight excluding hydrogens is 1250 g/mol. The summed E-state index contributed by atoms with van der Waals surface area (Å²) >= 11 is 8.08. The Morgan fingerprint density at radius 3 is 1.19 bits per heavy atom. The molecule has 0 aliphatic carbocycles. The smallest absolute Gasteiger partial charge is 0.455 e. The van der Waals surface area contributed by atoms with E-state index in [2.05, 4.69) is 25.7 Å². The fraction of sp³-hybridized carbons (Fsp3) is 0.229. The maximum atomic E-state index is 13.9. The molecule has 8 aromatic carbocycles. The van der Waals surface area contributed by atoms with E-state index in [9.17, 15) is 32.6 Å². The average molecular weight is 1320 g/mol. The van der Waals surface area contributed by atoms with Gasteiger partial charge in [-0.15, -0.1) is 22.7 Å². The van der Waals surface area contributed by atoms with E-state index in [1.807, 2.05) is 176 Å². The van der Waals surface area contributed by atoms with Gasteiger partial charge >= 0.3 is 21.6 Å². The summed E-state index contributed by atoms with van der Waals surface area (Å²) in [6.45, 7) is 9.59. The van der Waals surface area contributed by atoms with E-state index >= 15 is 0 Å². The number of hydrogen-bond donors (Lipinski definition) is 1. The second-order valence-corrected chi connectivity index (χ2v) is 25.9. The molecule has 2 atom stereocenters. The molecule has 0 fully saturated rings. The zero-order chi connectivity index (χ0) is 64.0. The molecule has 90 heavy (non-hydrogen) atoms. The van der Waals surface area contributed by atoms with Crippen LogP contribution in [0.15, 0.2) is 231 Å². The Hall–Kier alpha value is -6.89. The Balaban J connectivity index is 0.000000203. The second kappa shape index (κ2) is 37.4. The summed E-state index contributed by atoms with van der Waals surface area (Å²) in [6.07, 6.45) is -1.62. The van der Waals surface area contributed by atoms with Crippen molar-refractivity contribution in [2.24, 2.45) is 0 Å². The lowest BCUT2D eigenvalue weighted by atomic mass is 10.1. The summed E-state index contributed by atoms with van der Waals surface area (Å²) in [5.74, 6) is -1.36. The van der Waals surface area contributed by atoms with Gasteiger partial charge in [0.05, 0.1) is 50.6 Å². The molecule has 0 aliphatic heterocycles. The normalized spacial score (nSPS) is 12.0. The summed E-state index contributed by atoms with van der Waals surface area (Å²) in [4.78, 5) is 27.3. The molecule has 0 spiro atoms. The van der Waals surface area contributed by atoms with Crippen LogP contribution in [0.4, 0.5) is 8.78 Å². The molecule has 20 heteroatoms. The van der Waals surface area contributed by atoms with Crippen molar-refractivity contribution in [1.29, 1.82) is 0 Å². The number of esters is 1. The molecule has 0 unspecified atom stereocenters. The predicted molar refractivity (Wildman–Crippen MR) is 355 cm³/mol. The number of aliphatic hydroxyl groups is 1. The summed E-state index contributed by atoms with van der Waals surface area (Å²) in [6, 6.07) is 67.9. The first kappa shape index (κ1) is 70.6. The van der Waals surface area contributed by atoms with Crippen LogP contribution in [0, 0.1) is 11.6 Å². The topological polar surface area (TPSA) is 156 Å². The van der Waals surface area contributed by atoms with E-state index in [1.165, 1.54) is 66.6 Å². The van der Waals surface area contributed by atoms with Crippen LogP contribution in [0.5, 0.6) is 0 Å². The van der Waals surface area contributed by atoms with Gasteiger partial charge in [-0.3, -0.25) is 31.9 Å². The monoisotopic (exact) mass is 1320 g/mol. The number of carbonyl (C=O) groups is 2. The molecule has 2 aromatic heterocycles. The number of carbonyl (C=O) groups excluding carboxylic acids is 2. The Morgan fingerprint density at radius 1 is 0.456 bits per heavy atom. The molecular formula is C70H72ClF2NO12P2S2. The SMILES string of the molecule is CCN(CC)CC.O=C(Cl)c1cc2ccccc2s1.O=C(O[C@@H](COP(=O)(OCc1ccccc1)OCc1ccccc1)Cc1cccc(F)c1)c1cc2ccccc2s1.O=P(OCc1ccccc1)(OCc1ccccc1)OC[C@H](O)Cc1cccc(F)c1. The third-order valence-electron chi connectivity index (χ3n) is 13.3. The number of halogens is 3. The van der Waals surface area contributed by atoms with Crippen LogP contribution in [0.2, 0.25) is 0 Å². The van der Waals surface area contributed by atoms with E-state index in [4.69, 9.17) is 43.5 Å². The minimum atomic E-state index is -4.12. The van der Waals surface area contributed by atoms with Gasteiger partial charge in [0.2, 0.25) is 0 Å². The van der Waals surface area contributed by atoms with E-state index < -0.39 is 39.6 Å². The molecule has 0 saturated heterocycles. The second-order valence-electron chi connectivity index (χ2n) is 20.1. The molecule has 0 saturated carbocycles. The van der Waals surface area contributed by atoms with Gasteiger partial charge in [0.1, 0.15) is 22.6 Å². The van der Waals surface area contributed by atoms with E-state index in [-0.39, 0.29) is 63.5 Å². The number of benzene rings is 8. The van der Waals surface area contributed by atoms with E-state index in [1.54, 1.807) is 30.3 Å². The summed E-state index contributed by atoms with van der Waals surface area (Å²) < 4.78 is 95.6. The lowest BCUT2D eigenvalue weighted by Crippen LogP contribution is -2.26. The van der Waals surface area contributed by atoms with Crippen molar-refractivity contribution in [2.75, 3.05) is 32.8 Å². The highest BCUT2D eigenvalue weighted by Gasteiger charge is 2.31. The number of ether oxygens (including phenoxy) is 1. The first-order valence-corrected chi connectivity index (χ1v) is 34.0. The number of aliphatic hydroxyl groups excluding tert-OH is 1. The number of nitrogens with zero attached hydrogens (tertiary/aromatic N) is 1. The Bertz CT molecular complexity index is 3680. The van der Waals surface area contributed by atoms with Gasteiger partial charge in [-0.1, -0.05) is 203 Å². The summed E-state index contributed by atoms with van der Waals surface area (Å²) in [7, 11) is -8.07. The van der Waals surface area contributed by atoms with Crippen LogP contribution in [0.25, 0.3) is 20.2 Å². The summed E-state index contributed by atoms with van der Waals surface area (Å²) in [5.41, 5.74) is 4.39. The molecule has 0 amide bonds. The van der Waals surface area contributed by atoms with Crippen LogP contribution in [0.3, 0.4) is 0 Å². The number of rotatable bonds is 28. The highest BCUT2D eigenvalue weighted by atomic mass is 35.5. The Labute approximate surface area is 537 Å². The Morgan fingerprint density at radius 2 is 0.811 bits per heavy atom. The molecule has 472 valence electrons. The van der Waals surface area contributed by atoms with Crippen LogP contribution >= 0.6 is 49.9 Å². The zero-order valence-corrected chi connectivity index (χ0v) is 54.3. The molecule has 2 heterocycles. The van der Waals surface area contributed by atoms with Gasteiger partial charge in [0.25, 0.3) is 5.24 Å². The van der Waals surface area contributed by atoms with Crippen molar-refractivity contribution < 1.29 is 64.5 Å². The highest BCUT2D eigenvalue weighted by molar-refractivity contribution is 7.48. The van der Waals surface area contributed by atoms with Gasteiger partial charge < -0.3 is 14.7 Å². The molecule has 10 aromatic rings. The largest absolute Gasteiger partial charge is 0.475 e. The highest BCUT2D eigenvalue weighted by Crippen LogP contribution is 2.52. The van der Waals surface area contributed by atoms with Crippen molar-refractivity contribution in [1.82, 2.24) is 4.90 Å². The third kappa shape index (κ3) is 24.7. The average Bonchev–Trinajstić information content (AvgIpc) is 2.11. The van der Waals surface area contributed by atoms with Crippen LogP contribution in [0.1, 0.15) is 73.5 Å². The van der Waals surface area contributed by atoms with Gasteiger partial charge in [0.15, 0.2) is 0 Å². The van der Waals surface area contributed by atoms with Gasteiger partial charge in [0, 0.05) is 22.2 Å². The molecule has 0 bridgehead atoms. The minimum Gasteiger partial charge on any atom is -0.455 e. The number of phosphoric ester groups is 2. The molecule has 13 nitrogen and oxygen atoms in total. The maximum absolute atomic E-state index is 13.9. The lowest BCUT2D eigenvalue weighted by molar-refractivity contribution is 0.00827. The van der Waals surface area contributed by atoms with E-state index in [0.717, 1.165) is 42.4 Å². The van der Waals surface area contributed by atoms with Gasteiger partial charge in [-0.05, 0) is 124 Å². The molecule has 0 radical (unpaired) electrons. The van der Waals surface area contributed by atoms with Gasteiger partial charge in [-0.2, -0.15) is 0 Å². The summed E-state index contributed by atoms with van der Waals surface area (Å²) in [5, 5.41) is 11.9. The number of thiophene rings is 2. The fourth-order valence-corrected chi connectivity index (χ4v) is 13.0. The first-order valence-electron chi connectivity index (χ1n) is 29.1. The third-order valence-corrected chi connectivity index (χ3v) is 18.6. The van der Waals surface area contributed by atoms with Crippen molar-refractivity contribution in [2.45, 2.75) is 72.2 Å². The fourth-order valence-electron chi connectivity index (χ4n) is 8.58. The van der Waals surface area contributed by atoms with E-state index in [0.29, 0.717) is 20.9 Å². The number of phosphoric acid groups is 2. The molecule has 10 rings (SSSR count). The number of hydrogen-bond acceptors (Lipinski definition) is 15. The standard InChI is InChI=1S/C32H28FO6PS.C23H24FO5P.C9H5ClOS.C6H15N/c33-28-16-9-14-26(18-28)19-29(39-32(34)31-20-27-15-7-8-17-30(27)41-31)23-38-40(35,36-21-24-10-3-1-4-11-24)37-22-25-12-5-2-6-13-25;24-22-13-7-12-21(14-22)15-23(25)18-29-30(26,27-16-19-8-3-1-4-9-19)28-17-20-10-5-2-6-11-20;10-9(11)8-5-6-3-1-2-4-7(6)12-8;1-4-7(5-2)6-3/h1-18,20,29H,19,21-23H2;1-14,23,25H,15-18H2;1-5H;4-6H2,1-3H3/t29-;23-;;/m11../s1. The lowest BCUT2D eigenvalue weighted by Gasteiger charge is -2.22. The zero-order valence-electron chi connectivity index (χ0n) is 50.1. The predicted octanol–water partition coefficient (Wildman–Crippen LogP) is 18.3. The van der Waals surface area contributed by atoms with Crippen molar-refractivity contribution in [3.63, 3.8) is 0 Å². The van der Waals surface area contributed by atoms with Gasteiger partial charge in [-0.25, -0.2) is 22.7 Å². The van der Waals surface area contributed by atoms with Crippen LogP contribution in [-0.4, -0.2) is 66.3 Å². The van der Waals surface area contributed by atoms with Crippen molar-refractivity contribution in [3.8, 4) is 0 Å². The Kier molecular flexibility index (Phi) is 29.4. The van der Waals surface area contributed by atoms with Crippen LogP contribution < -0.4 is 0 Å². The minimum absolute atomic E-state index is 0.0109. The van der Waals surface area contributed by atoms with Crippen LogP contribution in [-0.2, 0) is 80.3 Å². The molecule has 0 aliphatic rings. The molecule has 1 N–H and O–H groups in total. The van der Waals surface area contributed by atoms with Crippen molar-refractivity contribution >= 4 is 81.3 Å². The number of fused-ring (bicyclic) bond motifs is 2. The quantitative estimate of drug-likeness (QED) is 0.0281. The first-order chi connectivity index (χ1) is 43.6. The van der Waals surface area contributed by atoms with Crippen molar-refractivity contribution in [3.05, 3.63) is 285 Å². The maximum Gasteiger partial charge on any atom is 0.475 e.